The highest BCUT2D eigenvalue weighted by Gasteiger charge is 2.18. The van der Waals surface area contributed by atoms with Gasteiger partial charge in [-0.3, -0.25) is 9.59 Å². The summed E-state index contributed by atoms with van der Waals surface area (Å²) in [6.45, 7) is 0. The van der Waals surface area contributed by atoms with Crippen LogP contribution in [-0.2, 0) is 0 Å². The molecule has 26 heavy (non-hydrogen) atoms. The van der Waals surface area contributed by atoms with Crippen LogP contribution in [0.5, 0.6) is 11.5 Å². The van der Waals surface area contributed by atoms with E-state index < -0.39 is 11.5 Å². The summed E-state index contributed by atoms with van der Waals surface area (Å²) in [7, 11) is 2.95. The number of hydrogen-bond donors (Lipinski definition) is 1. The standard InChI is InChI=1S/C19H17N3O4/c1-25-15-10-8-13(9-11-15)20-19(24)18-16(26-2)12-17(23)22(21-18)14-6-4-3-5-7-14/h3-12H,1-2H3,(H,20,24). The van der Waals surface area contributed by atoms with E-state index in [1.165, 1.54) is 13.2 Å². The fraction of sp³-hybridized carbons (Fsp3) is 0.105. The van der Waals surface area contributed by atoms with E-state index in [9.17, 15) is 9.59 Å². The molecule has 3 rings (SSSR count). The van der Waals surface area contributed by atoms with Crippen molar-refractivity contribution in [2.45, 2.75) is 0 Å². The zero-order valence-electron chi connectivity index (χ0n) is 14.3. The molecule has 0 fully saturated rings. The van der Waals surface area contributed by atoms with Crippen molar-refractivity contribution in [3.8, 4) is 17.2 Å². The Morgan fingerprint density at radius 2 is 1.69 bits per heavy atom. The van der Waals surface area contributed by atoms with E-state index in [1.54, 1.807) is 55.6 Å². The number of amides is 1. The van der Waals surface area contributed by atoms with Gasteiger partial charge >= 0.3 is 0 Å². The number of hydrogen-bond acceptors (Lipinski definition) is 5. The van der Waals surface area contributed by atoms with Gasteiger partial charge in [0.05, 0.1) is 26.0 Å². The summed E-state index contributed by atoms with van der Waals surface area (Å²) in [5.41, 5.74) is 0.733. The summed E-state index contributed by atoms with van der Waals surface area (Å²) in [6, 6.07) is 17.0. The summed E-state index contributed by atoms with van der Waals surface area (Å²) >= 11 is 0. The van der Waals surface area contributed by atoms with Crippen molar-refractivity contribution in [1.29, 1.82) is 0 Å². The first-order valence-electron chi connectivity index (χ1n) is 7.81. The fourth-order valence-corrected chi connectivity index (χ4v) is 2.37. The van der Waals surface area contributed by atoms with Gasteiger partial charge < -0.3 is 14.8 Å². The Kier molecular flexibility index (Phi) is 4.98. The molecule has 3 aromatic rings. The molecule has 132 valence electrons. The molecular formula is C19H17N3O4. The number of benzene rings is 2. The topological polar surface area (TPSA) is 82.5 Å². The summed E-state index contributed by atoms with van der Waals surface area (Å²) in [5, 5.41) is 6.92. The molecule has 0 saturated heterocycles. The molecule has 7 heteroatoms. The molecule has 0 aliphatic carbocycles. The van der Waals surface area contributed by atoms with Gasteiger partial charge in [-0.15, -0.1) is 0 Å². The normalized spacial score (nSPS) is 10.2. The van der Waals surface area contributed by atoms with Gasteiger partial charge in [0.2, 0.25) is 0 Å². The second kappa shape index (κ2) is 7.52. The van der Waals surface area contributed by atoms with Crippen LogP contribution in [0.25, 0.3) is 5.69 Å². The van der Waals surface area contributed by atoms with Crippen molar-refractivity contribution in [2.24, 2.45) is 0 Å². The minimum absolute atomic E-state index is 0.00627. The molecule has 0 atom stereocenters. The number of nitrogens with one attached hydrogen (secondary N) is 1. The number of nitrogens with zero attached hydrogens (tertiary/aromatic N) is 2. The number of methoxy groups -OCH3 is 2. The third kappa shape index (κ3) is 3.56. The second-order valence-corrected chi connectivity index (χ2v) is 5.33. The van der Waals surface area contributed by atoms with Crippen LogP contribution >= 0.6 is 0 Å². The van der Waals surface area contributed by atoms with Crippen LogP contribution < -0.4 is 20.3 Å². The molecule has 0 aliphatic rings. The van der Waals surface area contributed by atoms with Gasteiger partial charge in [-0.2, -0.15) is 9.78 Å². The zero-order chi connectivity index (χ0) is 18.5. The molecule has 0 spiro atoms. The molecule has 0 aliphatic heterocycles. The van der Waals surface area contributed by atoms with Crippen LogP contribution in [0.15, 0.2) is 65.5 Å². The van der Waals surface area contributed by atoms with Crippen LogP contribution in [0.3, 0.4) is 0 Å². The molecule has 1 N–H and O–H groups in total. The van der Waals surface area contributed by atoms with Gasteiger partial charge in [0.15, 0.2) is 11.4 Å². The van der Waals surface area contributed by atoms with E-state index in [0.717, 1.165) is 4.68 Å². The number of aromatic nitrogens is 2. The summed E-state index contributed by atoms with van der Waals surface area (Å²) in [6.07, 6.45) is 0. The van der Waals surface area contributed by atoms with Gasteiger partial charge in [-0.1, -0.05) is 18.2 Å². The van der Waals surface area contributed by atoms with E-state index in [0.29, 0.717) is 17.1 Å². The van der Waals surface area contributed by atoms with E-state index in [2.05, 4.69) is 10.4 Å². The maximum Gasteiger partial charge on any atom is 0.280 e. The number of carbonyl (C=O) groups excluding carboxylic acids is 1. The first-order valence-corrected chi connectivity index (χ1v) is 7.81. The van der Waals surface area contributed by atoms with E-state index in [-0.39, 0.29) is 11.4 Å². The van der Waals surface area contributed by atoms with Gasteiger partial charge in [0.1, 0.15) is 5.75 Å². The predicted molar refractivity (Wildman–Crippen MR) is 97.3 cm³/mol. The van der Waals surface area contributed by atoms with Crippen molar-refractivity contribution < 1.29 is 14.3 Å². The molecule has 1 aromatic heterocycles. The van der Waals surface area contributed by atoms with Gasteiger partial charge in [-0.05, 0) is 36.4 Å². The largest absolute Gasteiger partial charge is 0.497 e. The number of ether oxygens (including phenoxy) is 2. The van der Waals surface area contributed by atoms with Crippen molar-refractivity contribution in [1.82, 2.24) is 9.78 Å². The Bertz CT molecular complexity index is 966. The average molecular weight is 351 g/mol. The highest BCUT2D eigenvalue weighted by atomic mass is 16.5. The van der Waals surface area contributed by atoms with Crippen molar-refractivity contribution >= 4 is 11.6 Å². The predicted octanol–water partition coefficient (Wildman–Crippen LogP) is 2.50. The lowest BCUT2D eigenvalue weighted by molar-refractivity contribution is 0.101. The van der Waals surface area contributed by atoms with E-state index >= 15 is 0 Å². The van der Waals surface area contributed by atoms with Crippen molar-refractivity contribution in [3.05, 3.63) is 76.7 Å². The Hall–Kier alpha value is -3.61. The van der Waals surface area contributed by atoms with Crippen molar-refractivity contribution in [2.75, 3.05) is 19.5 Å². The lowest BCUT2D eigenvalue weighted by Gasteiger charge is -2.11. The second-order valence-electron chi connectivity index (χ2n) is 5.33. The highest BCUT2D eigenvalue weighted by Crippen LogP contribution is 2.19. The van der Waals surface area contributed by atoms with Crippen LogP contribution in [-0.4, -0.2) is 29.9 Å². The highest BCUT2D eigenvalue weighted by molar-refractivity contribution is 6.04. The monoisotopic (exact) mass is 351 g/mol. The zero-order valence-corrected chi connectivity index (χ0v) is 14.3. The molecule has 1 amide bonds. The van der Waals surface area contributed by atoms with Gasteiger partial charge in [-0.25, -0.2) is 0 Å². The Labute approximate surface area is 149 Å². The Morgan fingerprint density at radius 1 is 1.00 bits per heavy atom. The molecule has 1 heterocycles. The average Bonchev–Trinajstić information content (AvgIpc) is 2.68. The minimum Gasteiger partial charge on any atom is -0.497 e. The van der Waals surface area contributed by atoms with E-state index in [1.807, 2.05) is 6.07 Å². The molecule has 2 aromatic carbocycles. The molecule has 0 unspecified atom stereocenters. The van der Waals surface area contributed by atoms with E-state index in [4.69, 9.17) is 9.47 Å². The maximum absolute atomic E-state index is 12.6. The lowest BCUT2D eigenvalue weighted by Crippen LogP contribution is -2.26. The fourth-order valence-electron chi connectivity index (χ4n) is 2.37. The third-order valence-corrected chi connectivity index (χ3v) is 3.68. The first-order chi connectivity index (χ1) is 12.6. The number of anilines is 1. The molecule has 0 radical (unpaired) electrons. The molecule has 0 bridgehead atoms. The van der Waals surface area contributed by atoms with Gasteiger partial charge in [0.25, 0.3) is 11.5 Å². The van der Waals surface area contributed by atoms with Crippen LogP contribution in [0, 0.1) is 0 Å². The summed E-state index contributed by atoms with van der Waals surface area (Å²) in [5.74, 6) is 0.293. The Morgan fingerprint density at radius 3 is 2.31 bits per heavy atom. The Balaban J connectivity index is 1.96. The number of para-hydroxylation sites is 1. The van der Waals surface area contributed by atoms with Gasteiger partial charge in [0, 0.05) is 5.69 Å². The van der Waals surface area contributed by atoms with Crippen LogP contribution in [0.4, 0.5) is 5.69 Å². The maximum atomic E-state index is 12.6. The third-order valence-electron chi connectivity index (χ3n) is 3.68. The molecular weight excluding hydrogens is 334 g/mol. The summed E-state index contributed by atoms with van der Waals surface area (Å²) in [4.78, 5) is 24.9. The lowest BCUT2D eigenvalue weighted by atomic mass is 10.2. The minimum atomic E-state index is -0.489. The number of carbonyl (C=O) groups is 1. The van der Waals surface area contributed by atoms with Crippen LogP contribution in [0.2, 0.25) is 0 Å². The number of rotatable bonds is 5. The molecule has 7 nitrogen and oxygen atoms in total. The quantitative estimate of drug-likeness (QED) is 0.764. The smallest absolute Gasteiger partial charge is 0.280 e. The SMILES string of the molecule is COc1ccc(NC(=O)c2nn(-c3ccccc3)c(=O)cc2OC)cc1. The molecule has 0 saturated carbocycles. The summed E-state index contributed by atoms with van der Waals surface area (Å²) < 4.78 is 11.4. The van der Waals surface area contributed by atoms with Crippen LogP contribution in [0.1, 0.15) is 10.5 Å². The first kappa shape index (κ1) is 17.2. The van der Waals surface area contributed by atoms with Crippen molar-refractivity contribution in [3.63, 3.8) is 0 Å².